The molecule has 100 valence electrons. The van der Waals surface area contributed by atoms with Gasteiger partial charge in [0.05, 0.1) is 0 Å². The third-order valence-electron chi connectivity index (χ3n) is 2.77. The van der Waals surface area contributed by atoms with E-state index < -0.39 is 0 Å². The van der Waals surface area contributed by atoms with E-state index in [4.69, 9.17) is 17.3 Å². The van der Waals surface area contributed by atoms with Crippen molar-refractivity contribution < 1.29 is 4.39 Å². The molecule has 2 aromatic rings. The molecule has 0 aliphatic rings. The minimum atomic E-state index is -0.247. The first-order valence-corrected chi connectivity index (χ1v) is 7.35. The minimum Gasteiger partial charge on any atom is -0.324 e. The summed E-state index contributed by atoms with van der Waals surface area (Å²) in [6.07, 6.45) is 0. The van der Waals surface area contributed by atoms with E-state index in [0.29, 0.717) is 0 Å². The first kappa shape index (κ1) is 14.4. The zero-order valence-corrected chi connectivity index (χ0v) is 12.1. The fourth-order valence-electron chi connectivity index (χ4n) is 1.75. The molecule has 0 aliphatic heterocycles. The van der Waals surface area contributed by atoms with Gasteiger partial charge in [-0.2, -0.15) is 0 Å². The molecule has 2 rings (SSSR count). The van der Waals surface area contributed by atoms with E-state index in [2.05, 4.69) is 0 Å². The van der Waals surface area contributed by atoms with Gasteiger partial charge in [-0.05, 0) is 48.4 Å². The quantitative estimate of drug-likeness (QED) is 0.821. The summed E-state index contributed by atoms with van der Waals surface area (Å²) < 4.78 is 13.2. The lowest BCUT2D eigenvalue weighted by atomic mass is 10.1. The van der Waals surface area contributed by atoms with Gasteiger partial charge in [0.1, 0.15) is 5.82 Å². The van der Waals surface area contributed by atoms with Crippen molar-refractivity contribution in [2.75, 3.05) is 0 Å². The van der Waals surface area contributed by atoms with Crippen molar-refractivity contribution in [2.45, 2.75) is 23.6 Å². The molecule has 0 saturated carbocycles. The second kappa shape index (κ2) is 6.42. The molecular weight excluding hydrogens is 281 g/mol. The Balaban J connectivity index is 2.13. The second-order valence-electron chi connectivity index (χ2n) is 4.39. The average molecular weight is 296 g/mol. The monoisotopic (exact) mass is 295 g/mol. The molecule has 0 radical (unpaired) electrons. The summed E-state index contributed by atoms with van der Waals surface area (Å²) in [5.74, 6) is 0.561. The molecule has 4 heteroatoms. The van der Waals surface area contributed by atoms with Crippen molar-refractivity contribution in [1.82, 2.24) is 0 Å². The van der Waals surface area contributed by atoms with Gasteiger partial charge in [-0.1, -0.05) is 23.7 Å². The van der Waals surface area contributed by atoms with E-state index >= 15 is 0 Å². The lowest BCUT2D eigenvalue weighted by Crippen LogP contribution is -2.06. The predicted molar refractivity (Wildman–Crippen MR) is 80.0 cm³/mol. The molecule has 0 unspecified atom stereocenters. The summed E-state index contributed by atoms with van der Waals surface area (Å²) in [6, 6.07) is 12.3. The van der Waals surface area contributed by atoms with Gasteiger partial charge in [-0.15, -0.1) is 11.8 Å². The van der Waals surface area contributed by atoms with Gasteiger partial charge >= 0.3 is 0 Å². The number of benzene rings is 2. The fourth-order valence-corrected chi connectivity index (χ4v) is 2.96. The molecule has 0 amide bonds. The minimum absolute atomic E-state index is 0.177. The van der Waals surface area contributed by atoms with E-state index in [1.54, 1.807) is 17.8 Å². The Morgan fingerprint density at radius 1 is 1.21 bits per heavy atom. The van der Waals surface area contributed by atoms with Crippen LogP contribution >= 0.6 is 23.4 Å². The van der Waals surface area contributed by atoms with Crippen molar-refractivity contribution in [3.8, 4) is 0 Å². The van der Waals surface area contributed by atoms with Crippen LogP contribution < -0.4 is 5.73 Å². The summed E-state index contributed by atoms with van der Waals surface area (Å²) in [6.45, 7) is 1.86. The van der Waals surface area contributed by atoms with E-state index in [-0.39, 0.29) is 11.9 Å². The highest BCUT2D eigenvalue weighted by Crippen LogP contribution is 2.30. The molecule has 0 aromatic heterocycles. The lowest BCUT2D eigenvalue weighted by molar-refractivity contribution is 0.619. The second-order valence-corrected chi connectivity index (χ2v) is 5.84. The van der Waals surface area contributed by atoms with Crippen molar-refractivity contribution in [1.29, 1.82) is 0 Å². The Morgan fingerprint density at radius 3 is 2.53 bits per heavy atom. The molecule has 1 atom stereocenters. The van der Waals surface area contributed by atoms with E-state index in [9.17, 15) is 4.39 Å². The predicted octanol–water partition coefficient (Wildman–Crippen LogP) is 4.79. The number of hydrogen-bond donors (Lipinski definition) is 1. The van der Waals surface area contributed by atoms with Crippen LogP contribution in [0.25, 0.3) is 0 Å². The number of thioether (sulfide) groups is 1. The molecule has 0 bridgehead atoms. The highest BCUT2D eigenvalue weighted by Gasteiger charge is 2.09. The van der Waals surface area contributed by atoms with Crippen LogP contribution in [0.3, 0.4) is 0 Å². The highest BCUT2D eigenvalue weighted by molar-refractivity contribution is 7.98. The van der Waals surface area contributed by atoms with Crippen LogP contribution in [0.15, 0.2) is 47.4 Å². The highest BCUT2D eigenvalue weighted by atomic mass is 35.5. The van der Waals surface area contributed by atoms with Crippen LogP contribution in [-0.4, -0.2) is 0 Å². The molecule has 0 spiro atoms. The van der Waals surface area contributed by atoms with Gasteiger partial charge in [0, 0.05) is 21.7 Å². The van der Waals surface area contributed by atoms with Crippen LogP contribution in [0.4, 0.5) is 4.39 Å². The summed E-state index contributed by atoms with van der Waals surface area (Å²) in [4.78, 5) is 1.02. The normalized spacial score (nSPS) is 12.4. The molecule has 0 aliphatic carbocycles. The number of rotatable bonds is 4. The summed E-state index contributed by atoms with van der Waals surface area (Å²) in [5.41, 5.74) is 7.90. The van der Waals surface area contributed by atoms with Crippen molar-refractivity contribution in [3.63, 3.8) is 0 Å². The smallest absolute Gasteiger partial charge is 0.123 e. The maximum absolute atomic E-state index is 13.2. The molecule has 2 aromatic carbocycles. The molecule has 1 nitrogen and oxygen atoms in total. The first-order valence-electron chi connectivity index (χ1n) is 5.98. The third kappa shape index (κ3) is 3.96. The lowest BCUT2D eigenvalue weighted by Gasteiger charge is -2.12. The summed E-state index contributed by atoms with van der Waals surface area (Å²) >= 11 is 7.50. The van der Waals surface area contributed by atoms with Crippen molar-refractivity contribution >= 4 is 23.4 Å². The molecule has 2 N–H and O–H groups in total. The first-order chi connectivity index (χ1) is 9.06. The van der Waals surface area contributed by atoms with Gasteiger partial charge in [0.2, 0.25) is 0 Å². The van der Waals surface area contributed by atoms with Gasteiger partial charge in [0.25, 0.3) is 0 Å². The Hall–Kier alpha value is -1.03. The standard InChI is InChI=1S/C15H15ClFNS/c1-10(18)14-8-13(17)6-7-15(14)19-9-11-2-4-12(16)5-3-11/h2-8,10H,9,18H2,1H3/t10-/m1/s1. The van der Waals surface area contributed by atoms with Crippen molar-refractivity contribution in [2.24, 2.45) is 5.73 Å². The average Bonchev–Trinajstić information content (AvgIpc) is 2.39. The van der Waals surface area contributed by atoms with E-state index in [1.807, 2.05) is 31.2 Å². The Bertz CT molecular complexity index is 555. The topological polar surface area (TPSA) is 26.0 Å². The van der Waals surface area contributed by atoms with Crippen LogP contribution in [-0.2, 0) is 5.75 Å². The van der Waals surface area contributed by atoms with E-state index in [1.165, 1.54) is 17.7 Å². The van der Waals surface area contributed by atoms with Crippen LogP contribution in [0.5, 0.6) is 0 Å². The molecular formula is C15H15ClFNS. The number of halogens is 2. The molecule has 0 saturated heterocycles. The zero-order chi connectivity index (χ0) is 13.8. The van der Waals surface area contributed by atoms with Gasteiger partial charge in [0.15, 0.2) is 0 Å². The summed E-state index contributed by atoms with van der Waals surface area (Å²) in [5, 5.41) is 0.729. The largest absolute Gasteiger partial charge is 0.324 e. The fraction of sp³-hybridized carbons (Fsp3) is 0.200. The third-order valence-corrected chi connectivity index (χ3v) is 4.18. The SMILES string of the molecule is C[C@@H](N)c1cc(F)ccc1SCc1ccc(Cl)cc1. The van der Waals surface area contributed by atoms with E-state index in [0.717, 1.165) is 21.2 Å². The molecule has 0 heterocycles. The Morgan fingerprint density at radius 2 is 1.89 bits per heavy atom. The van der Waals surface area contributed by atoms with Gasteiger partial charge in [-0.25, -0.2) is 4.39 Å². The van der Waals surface area contributed by atoms with Gasteiger partial charge in [-0.3, -0.25) is 0 Å². The zero-order valence-electron chi connectivity index (χ0n) is 10.6. The number of nitrogens with two attached hydrogens (primary N) is 1. The van der Waals surface area contributed by atoms with Crippen LogP contribution in [0.1, 0.15) is 24.1 Å². The number of hydrogen-bond acceptors (Lipinski definition) is 2. The molecule has 0 fully saturated rings. The van der Waals surface area contributed by atoms with Crippen LogP contribution in [0.2, 0.25) is 5.02 Å². The van der Waals surface area contributed by atoms with Crippen molar-refractivity contribution in [3.05, 3.63) is 64.4 Å². The molecule has 19 heavy (non-hydrogen) atoms. The maximum atomic E-state index is 13.2. The Labute approximate surface area is 122 Å². The van der Waals surface area contributed by atoms with Crippen LogP contribution in [0, 0.1) is 5.82 Å². The summed E-state index contributed by atoms with van der Waals surface area (Å²) in [7, 11) is 0. The van der Waals surface area contributed by atoms with Gasteiger partial charge < -0.3 is 5.73 Å². The Kier molecular flexibility index (Phi) is 4.86. The maximum Gasteiger partial charge on any atom is 0.123 e.